The summed E-state index contributed by atoms with van der Waals surface area (Å²) in [6.07, 6.45) is 1.88. The smallest absolute Gasteiger partial charge is 0.226 e. The van der Waals surface area contributed by atoms with E-state index in [0.29, 0.717) is 23.0 Å². The van der Waals surface area contributed by atoms with Gasteiger partial charge in [-0.3, -0.25) is 9.36 Å². The van der Waals surface area contributed by atoms with Gasteiger partial charge in [0, 0.05) is 23.6 Å². The molecule has 6 nitrogen and oxygen atoms in total. The van der Waals surface area contributed by atoms with Crippen LogP contribution >= 0.6 is 0 Å². The van der Waals surface area contributed by atoms with Gasteiger partial charge in [0.25, 0.3) is 0 Å². The standard InChI is InChI=1S/C20H18FN3O3/c1-26-14-7-8-17(27-2)15(9-14)16-10-18(25)23-20-19(16)22-11-24(20)13-5-3-12(21)4-6-13/h3-9,11,16H,10H2,1-2H3,(H,23,25)/t16-/m1/s1. The van der Waals surface area contributed by atoms with Gasteiger partial charge in [-0.15, -0.1) is 0 Å². The maximum Gasteiger partial charge on any atom is 0.226 e. The SMILES string of the molecule is COc1ccc(OC)c([C@H]2CC(=O)Nc3c2ncn3-c2ccc(F)cc2)c1. The lowest BCUT2D eigenvalue weighted by molar-refractivity contribution is -0.116. The summed E-state index contributed by atoms with van der Waals surface area (Å²) >= 11 is 0. The number of amides is 1. The van der Waals surface area contributed by atoms with E-state index in [9.17, 15) is 9.18 Å². The largest absolute Gasteiger partial charge is 0.497 e. The molecular weight excluding hydrogens is 349 g/mol. The fraction of sp³-hybridized carbons (Fsp3) is 0.200. The summed E-state index contributed by atoms with van der Waals surface area (Å²) in [6, 6.07) is 11.5. The summed E-state index contributed by atoms with van der Waals surface area (Å²) in [4.78, 5) is 17.0. The van der Waals surface area contributed by atoms with E-state index in [0.717, 1.165) is 11.3 Å². The molecule has 0 unspecified atom stereocenters. The highest BCUT2D eigenvalue weighted by atomic mass is 19.1. The Morgan fingerprint density at radius 2 is 1.93 bits per heavy atom. The van der Waals surface area contributed by atoms with Crippen LogP contribution in [0.5, 0.6) is 11.5 Å². The molecule has 0 saturated carbocycles. The first-order chi connectivity index (χ1) is 13.1. The minimum atomic E-state index is -0.323. The number of imidazole rings is 1. The Morgan fingerprint density at radius 3 is 2.63 bits per heavy atom. The van der Waals surface area contributed by atoms with Gasteiger partial charge in [-0.1, -0.05) is 0 Å². The van der Waals surface area contributed by atoms with E-state index < -0.39 is 0 Å². The zero-order valence-electron chi connectivity index (χ0n) is 14.9. The Balaban J connectivity index is 1.83. The molecule has 1 aliphatic rings. The van der Waals surface area contributed by atoms with E-state index in [-0.39, 0.29) is 24.1 Å². The molecule has 4 rings (SSSR count). The summed E-state index contributed by atoms with van der Waals surface area (Å²) < 4.78 is 25.8. The minimum absolute atomic E-state index is 0.124. The van der Waals surface area contributed by atoms with Gasteiger partial charge >= 0.3 is 0 Å². The van der Waals surface area contributed by atoms with Crippen molar-refractivity contribution in [2.75, 3.05) is 19.5 Å². The number of methoxy groups -OCH3 is 2. The number of rotatable bonds is 4. The first-order valence-corrected chi connectivity index (χ1v) is 8.45. The molecule has 2 aromatic carbocycles. The lowest BCUT2D eigenvalue weighted by Gasteiger charge is -2.25. The van der Waals surface area contributed by atoms with Crippen LogP contribution in [0.4, 0.5) is 10.2 Å². The number of aromatic nitrogens is 2. The Labute approximate surface area is 155 Å². The van der Waals surface area contributed by atoms with Crippen LogP contribution in [0.2, 0.25) is 0 Å². The molecule has 0 bridgehead atoms. The van der Waals surface area contributed by atoms with Crippen molar-refractivity contribution in [3.8, 4) is 17.2 Å². The van der Waals surface area contributed by atoms with Crippen molar-refractivity contribution in [2.24, 2.45) is 0 Å². The molecule has 1 atom stereocenters. The Bertz CT molecular complexity index is 998. The predicted octanol–water partition coefficient (Wildman–Crippen LogP) is 3.50. The van der Waals surface area contributed by atoms with Crippen molar-refractivity contribution in [2.45, 2.75) is 12.3 Å². The van der Waals surface area contributed by atoms with Crippen molar-refractivity contribution in [1.29, 1.82) is 0 Å². The number of carbonyl (C=O) groups is 1. The van der Waals surface area contributed by atoms with Gasteiger partial charge in [-0.2, -0.15) is 0 Å². The highest BCUT2D eigenvalue weighted by molar-refractivity contribution is 5.94. The maximum atomic E-state index is 13.2. The maximum absolute atomic E-state index is 13.2. The first kappa shape index (κ1) is 17.1. The second kappa shape index (κ2) is 6.75. The van der Waals surface area contributed by atoms with Gasteiger partial charge in [0.2, 0.25) is 5.91 Å². The van der Waals surface area contributed by atoms with Gasteiger partial charge in [0.1, 0.15) is 29.5 Å². The van der Waals surface area contributed by atoms with E-state index in [4.69, 9.17) is 9.47 Å². The molecule has 0 radical (unpaired) electrons. The molecule has 7 heteroatoms. The molecule has 1 amide bonds. The third kappa shape index (κ3) is 3.01. The summed E-state index contributed by atoms with van der Waals surface area (Å²) in [5.74, 6) is 1.19. The molecule has 2 heterocycles. The van der Waals surface area contributed by atoms with Crippen LogP contribution in [-0.2, 0) is 4.79 Å². The number of halogens is 1. The number of fused-ring (bicyclic) bond motifs is 1. The van der Waals surface area contributed by atoms with Gasteiger partial charge in [-0.05, 0) is 42.5 Å². The second-order valence-corrected chi connectivity index (χ2v) is 6.24. The summed E-state index contributed by atoms with van der Waals surface area (Å²) in [6.45, 7) is 0. The predicted molar refractivity (Wildman–Crippen MR) is 98.2 cm³/mol. The van der Waals surface area contributed by atoms with E-state index in [2.05, 4.69) is 10.3 Å². The number of carbonyl (C=O) groups excluding carboxylic acids is 1. The van der Waals surface area contributed by atoms with E-state index in [1.807, 2.05) is 18.2 Å². The molecule has 27 heavy (non-hydrogen) atoms. The van der Waals surface area contributed by atoms with Crippen molar-refractivity contribution in [1.82, 2.24) is 9.55 Å². The summed E-state index contributed by atoms with van der Waals surface area (Å²) in [7, 11) is 3.18. The highest BCUT2D eigenvalue weighted by Gasteiger charge is 2.33. The number of anilines is 1. The molecule has 0 fully saturated rings. The molecule has 138 valence electrons. The zero-order valence-corrected chi connectivity index (χ0v) is 14.9. The number of hydrogen-bond acceptors (Lipinski definition) is 4. The van der Waals surface area contributed by atoms with Crippen LogP contribution in [0.25, 0.3) is 5.69 Å². The number of benzene rings is 2. The molecule has 1 aromatic heterocycles. The topological polar surface area (TPSA) is 65.4 Å². The minimum Gasteiger partial charge on any atom is -0.497 e. The van der Waals surface area contributed by atoms with Gasteiger partial charge < -0.3 is 14.8 Å². The third-order valence-electron chi connectivity index (χ3n) is 4.69. The number of hydrogen-bond donors (Lipinski definition) is 1. The quantitative estimate of drug-likeness (QED) is 0.766. The monoisotopic (exact) mass is 367 g/mol. The average Bonchev–Trinajstić information content (AvgIpc) is 3.11. The van der Waals surface area contributed by atoms with E-state index in [1.165, 1.54) is 12.1 Å². The van der Waals surface area contributed by atoms with Crippen LogP contribution in [0, 0.1) is 5.82 Å². The summed E-state index contributed by atoms with van der Waals surface area (Å²) in [5, 5.41) is 2.88. The van der Waals surface area contributed by atoms with Crippen molar-refractivity contribution in [3.05, 3.63) is 65.9 Å². The van der Waals surface area contributed by atoms with Crippen LogP contribution in [0.1, 0.15) is 23.6 Å². The number of nitrogens with one attached hydrogen (secondary N) is 1. The lowest BCUT2D eigenvalue weighted by Crippen LogP contribution is -2.25. The van der Waals surface area contributed by atoms with Gasteiger partial charge in [-0.25, -0.2) is 9.37 Å². The van der Waals surface area contributed by atoms with Crippen LogP contribution < -0.4 is 14.8 Å². The molecule has 0 saturated heterocycles. The third-order valence-corrected chi connectivity index (χ3v) is 4.69. The normalized spacial score (nSPS) is 15.8. The number of ether oxygens (including phenoxy) is 2. The Hall–Kier alpha value is -3.35. The van der Waals surface area contributed by atoms with Gasteiger partial charge in [0.15, 0.2) is 0 Å². The van der Waals surface area contributed by atoms with Crippen LogP contribution in [-0.4, -0.2) is 29.7 Å². The fourth-order valence-electron chi connectivity index (χ4n) is 3.37. The highest BCUT2D eigenvalue weighted by Crippen LogP contribution is 2.41. The molecule has 1 aliphatic heterocycles. The zero-order chi connectivity index (χ0) is 19.0. The van der Waals surface area contributed by atoms with Crippen molar-refractivity contribution in [3.63, 3.8) is 0 Å². The van der Waals surface area contributed by atoms with E-state index in [1.54, 1.807) is 37.2 Å². The molecule has 0 spiro atoms. The van der Waals surface area contributed by atoms with Crippen LogP contribution in [0.15, 0.2) is 48.8 Å². The van der Waals surface area contributed by atoms with Crippen molar-refractivity contribution >= 4 is 11.7 Å². The average molecular weight is 367 g/mol. The molecular formula is C20H18FN3O3. The number of nitrogens with zero attached hydrogens (tertiary/aromatic N) is 2. The molecule has 0 aliphatic carbocycles. The Kier molecular flexibility index (Phi) is 4.27. The Morgan fingerprint density at radius 1 is 1.15 bits per heavy atom. The first-order valence-electron chi connectivity index (χ1n) is 8.45. The summed E-state index contributed by atoms with van der Waals surface area (Å²) in [5.41, 5.74) is 2.27. The van der Waals surface area contributed by atoms with Crippen molar-refractivity contribution < 1.29 is 18.7 Å². The van der Waals surface area contributed by atoms with Crippen LogP contribution in [0.3, 0.4) is 0 Å². The molecule has 3 aromatic rings. The van der Waals surface area contributed by atoms with E-state index >= 15 is 0 Å². The second-order valence-electron chi connectivity index (χ2n) is 6.24. The van der Waals surface area contributed by atoms with Gasteiger partial charge in [0.05, 0.1) is 19.9 Å². The molecule has 1 N–H and O–H groups in total. The lowest BCUT2D eigenvalue weighted by atomic mass is 9.89. The fourth-order valence-corrected chi connectivity index (χ4v) is 3.37.